The van der Waals surface area contributed by atoms with Gasteiger partial charge in [0.25, 0.3) is 17.5 Å². The van der Waals surface area contributed by atoms with Crippen LogP contribution in [0.5, 0.6) is 0 Å². The summed E-state index contributed by atoms with van der Waals surface area (Å²) < 4.78 is 2.94. The fourth-order valence-electron chi connectivity index (χ4n) is 2.56. The van der Waals surface area contributed by atoms with Crippen molar-refractivity contribution in [1.29, 1.82) is 0 Å². The number of amides is 2. The number of rotatable bonds is 5. The minimum atomic E-state index is -0.594. The van der Waals surface area contributed by atoms with E-state index in [9.17, 15) is 19.7 Å². The third kappa shape index (κ3) is 3.58. The number of anilines is 2. The van der Waals surface area contributed by atoms with Gasteiger partial charge in [-0.15, -0.1) is 0 Å². The second-order valence-electron chi connectivity index (χ2n) is 6.01. The van der Waals surface area contributed by atoms with Crippen molar-refractivity contribution in [1.82, 2.24) is 19.6 Å². The second-order valence-corrected chi connectivity index (χ2v) is 6.01. The smallest absolute Gasteiger partial charge is 0.276 e. The van der Waals surface area contributed by atoms with Gasteiger partial charge in [0.1, 0.15) is 5.69 Å². The number of hydrogen-bond donors (Lipinski definition) is 2. The molecule has 3 rings (SSSR count). The van der Waals surface area contributed by atoms with Crippen molar-refractivity contribution in [2.45, 2.75) is 6.92 Å². The minimum absolute atomic E-state index is 0.0903. The Morgan fingerprint density at radius 1 is 1.04 bits per heavy atom. The van der Waals surface area contributed by atoms with E-state index in [1.54, 1.807) is 25.7 Å². The largest absolute Gasteiger partial charge is 0.319 e. The van der Waals surface area contributed by atoms with E-state index in [0.717, 1.165) is 11.8 Å². The van der Waals surface area contributed by atoms with Gasteiger partial charge in [-0.3, -0.25) is 29.1 Å². The first-order chi connectivity index (χ1) is 13.3. The van der Waals surface area contributed by atoms with Crippen molar-refractivity contribution >= 4 is 28.9 Å². The molecule has 0 atom stereocenters. The number of carbonyl (C=O) groups excluding carboxylic acids is 2. The molecule has 0 aliphatic heterocycles. The van der Waals surface area contributed by atoms with Crippen LogP contribution in [0.4, 0.5) is 17.1 Å². The molecule has 11 nitrogen and oxygen atoms in total. The third-order valence-electron chi connectivity index (χ3n) is 4.20. The van der Waals surface area contributed by atoms with Crippen LogP contribution < -0.4 is 10.6 Å². The van der Waals surface area contributed by atoms with E-state index < -0.39 is 16.7 Å². The summed E-state index contributed by atoms with van der Waals surface area (Å²) in [5, 5.41) is 24.3. The standard InChI is InChI=1S/C17H17N7O4/c1-10-13(8-18-22(10)2)20-17(26)15-14(9-19-23(15)3)21-16(25)11-5-4-6-12(7-11)24(27)28/h4-9H,1-3H3,(H,20,26)(H,21,25). The molecule has 0 fully saturated rings. The molecule has 11 heteroatoms. The quantitative estimate of drug-likeness (QED) is 0.510. The Bertz CT molecular complexity index is 1080. The monoisotopic (exact) mass is 383 g/mol. The van der Waals surface area contributed by atoms with Crippen molar-refractivity contribution in [3.63, 3.8) is 0 Å². The maximum Gasteiger partial charge on any atom is 0.276 e. The Labute approximate surface area is 159 Å². The molecule has 144 valence electrons. The second kappa shape index (κ2) is 7.31. The Kier molecular flexibility index (Phi) is 4.90. The van der Waals surface area contributed by atoms with Gasteiger partial charge in [0.2, 0.25) is 0 Å². The lowest BCUT2D eigenvalue weighted by atomic mass is 10.2. The zero-order valence-corrected chi connectivity index (χ0v) is 15.3. The first kappa shape index (κ1) is 18.8. The van der Waals surface area contributed by atoms with Crippen molar-refractivity contribution in [3.8, 4) is 0 Å². The summed E-state index contributed by atoms with van der Waals surface area (Å²) in [5.41, 5.74) is 1.49. The number of nitrogens with zero attached hydrogens (tertiary/aromatic N) is 5. The van der Waals surface area contributed by atoms with Gasteiger partial charge in [-0.05, 0) is 13.0 Å². The summed E-state index contributed by atoms with van der Waals surface area (Å²) in [6, 6.07) is 5.30. The van der Waals surface area contributed by atoms with Crippen molar-refractivity contribution in [2.75, 3.05) is 10.6 Å². The molecule has 0 bridgehead atoms. The van der Waals surface area contributed by atoms with Gasteiger partial charge in [0.15, 0.2) is 0 Å². The average Bonchev–Trinajstić information content (AvgIpc) is 3.18. The lowest BCUT2D eigenvalue weighted by Crippen LogP contribution is -2.20. The minimum Gasteiger partial charge on any atom is -0.319 e. The highest BCUT2D eigenvalue weighted by atomic mass is 16.6. The number of non-ortho nitro benzene ring substituents is 1. The molecule has 2 amide bonds. The Morgan fingerprint density at radius 2 is 1.68 bits per heavy atom. The molecular weight excluding hydrogens is 366 g/mol. The molecule has 0 spiro atoms. The molecule has 0 aliphatic carbocycles. The van der Waals surface area contributed by atoms with Gasteiger partial charge in [0, 0.05) is 31.8 Å². The molecule has 0 aliphatic rings. The van der Waals surface area contributed by atoms with Crippen LogP contribution in [0, 0.1) is 17.0 Å². The number of aromatic nitrogens is 4. The van der Waals surface area contributed by atoms with E-state index in [4.69, 9.17) is 0 Å². The highest BCUT2D eigenvalue weighted by Gasteiger charge is 2.21. The summed E-state index contributed by atoms with van der Waals surface area (Å²) >= 11 is 0. The summed E-state index contributed by atoms with van der Waals surface area (Å²) in [6.07, 6.45) is 2.85. The van der Waals surface area contributed by atoms with Crippen LogP contribution in [-0.4, -0.2) is 36.3 Å². The fraction of sp³-hybridized carbons (Fsp3) is 0.176. The summed E-state index contributed by atoms with van der Waals surface area (Å²) in [6.45, 7) is 1.80. The lowest BCUT2D eigenvalue weighted by Gasteiger charge is -2.09. The molecule has 1 aromatic carbocycles. The Hall–Kier alpha value is -4.02. The van der Waals surface area contributed by atoms with Gasteiger partial charge >= 0.3 is 0 Å². The summed E-state index contributed by atoms with van der Waals surface area (Å²) in [7, 11) is 3.31. The van der Waals surface area contributed by atoms with Gasteiger partial charge in [-0.1, -0.05) is 6.07 Å². The predicted octanol–water partition coefficient (Wildman–Crippen LogP) is 1.87. The normalized spacial score (nSPS) is 10.5. The summed E-state index contributed by atoms with van der Waals surface area (Å²) in [4.78, 5) is 35.5. The Morgan fingerprint density at radius 3 is 2.32 bits per heavy atom. The topological polar surface area (TPSA) is 137 Å². The zero-order valence-electron chi connectivity index (χ0n) is 15.3. The van der Waals surface area contributed by atoms with Crippen LogP contribution in [0.2, 0.25) is 0 Å². The molecule has 28 heavy (non-hydrogen) atoms. The zero-order chi connectivity index (χ0) is 20.4. The average molecular weight is 383 g/mol. The van der Waals surface area contributed by atoms with Crippen molar-refractivity contribution < 1.29 is 14.5 Å². The number of nitrogens with one attached hydrogen (secondary N) is 2. The lowest BCUT2D eigenvalue weighted by molar-refractivity contribution is -0.384. The number of benzene rings is 1. The van der Waals surface area contributed by atoms with Crippen molar-refractivity contribution in [2.24, 2.45) is 14.1 Å². The number of nitro groups is 1. The van der Waals surface area contributed by atoms with E-state index in [0.29, 0.717) is 5.69 Å². The molecule has 2 N–H and O–H groups in total. The van der Waals surface area contributed by atoms with Gasteiger partial charge in [-0.25, -0.2) is 0 Å². The Balaban J connectivity index is 1.83. The molecule has 2 aromatic heterocycles. The van der Waals surface area contributed by atoms with E-state index in [-0.39, 0.29) is 22.6 Å². The van der Waals surface area contributed by atoms with E-state index in [1.807, 2.05) is 0 Å². The molecule has 0 saturated heterocycles. The van der Waals surface area contributed by atoms with Crippen LogP contribution in [0.15, 0.2) is 36.7 Å². The first-order valence-corrected chi connectivity index (χ1v) is 8.15. The maximum absolute atomic E-state index is 12.7. The first-order valence-electron chi connectivity index (χ1n) is 8.15. The van der Waals surface area contributed by atoms with Crippen LogP contribution in [-0.2, 0) is 14.1 Å². The predicted molar refractivity (Wildman–Crippen MR) is 100 cm³/mol. The SMILES string of the molecule is Cc1c(NC(=O)c2c(NC(=O)c3cccc([N+](=O)[O-])c3)cnn2C)cnn1C. The molecule has 3 aromatic rings. The molecule has 2 heterocycles. The molecular formula is C17H17N7O4. The van der Waals surface area contributed by atoms with E-state index in [1.165, 1.54) is 35.3 Å². The van der Waals surface area contributed by atoms with Crippen LogP contribution in [0.1, 0.15) is 26.5 Å². The van der Waals surface area contributed by atoms with Crippen LogP contribution in [0.25, 0.3) is 0 Å². The summed E-state index contributed by atoms with van der Waals surface area (Å²) in [5.74, 6) is -1.08. The van der Waals surface area contributed by atoms with Crippen LogP contribution >= 0.6 is 0 Å². The third-order valence-corrected chi connectivity index (χ3v) is 4.20. The highest BCUT2D eigenvalue weighted by Crippen LogP contribution is 2.20. The van der Waals surface area contributed by atoms with Gasteiger partial charge in [-0.2, -0.15) is 10.2 Å². The van der Waals surface area contributed by atoms with Crippen molar-refractivity contribution in [3.05, 3.63) is 63.7 Å². The van der Waals surface area contributed by atoms with Gasteiger partial charge < -0.3 is 10.6 Å². The molecule has 0 unspecified atom stereocenters. The number of hydrogen-bond acceptors (Lipinski definition) is 6. The highest BCUT2D eigenvalue weighted by molar-refractivity contribution is 6.11. The number of aryl methyl sites for hydroxylation is 2. The van der Waals surface area contributed by atoms with E-state index >= 15 is 0 Å². The van der Waals surface area contributed by atoms with Gasteiger partial charge in [0.05, 0.1) is 34.4 Å². The maximum atomic E-state index is 12.7. The number of carbonyl (C=O) groups is 2. The number of nitro benzene ring substituents is 1. The molecule has 0 radical (unpaired) electrons. The van der Waals surface area contributed by atoms with Crippen LogP contribution in [0.3, 0.4) is 0 Å². The molecule has 0 saturated carbocycles. The van der Waals surface area contributed by atoms with E-state index in [2.05, 4.69) is 20.8 Å². The fourth-order valence-corrected chi connectivity index (χ4v) is 2.56.